The van der Waals surface area contributed by atoms with E-state index < -0.39 is 72.2 Å². The summed E-state index contributed by atoms with van der Waals surface area (Å²) >= 11 is 0. The zero-order valence-corrected chi connectivity index (χ0v) is 32.8. The zero-order valence-electron chi connectivity index (χ0n) is 32.8. The normalized spacial score (nSPS) is 18.3. The summed E-state index contributed by atoms with van der Waals surface area (Å²) in [6.07, 6.45) is 4.49. The molecule has 5 amide bonds. The molecule has 3 unspecified atom stereocenters. The van der Waals surface area contributed by atoms with Crippen molar-refractivity contribution in [3.63, 3.8) is 0 Å². The molecule has 1 aliphatic carbocycles. The van der Waals surface area contributed by atoms with Gasteiger partial charge in [0.1, 0.15) is 12.1 Å². The summed E-state index contributed by atoms with van der Waals surface area (Å²) in [6, 6.07) is 22.1. The molecule has 308 valence electrons. The molecule has 3 aromatic carbocycles. The smallest absolute Gasteiger partial charge is 0.330 e. The fourth-order valence-corrected chi connectivity index (χ4v) is 7.61. The maximum Gasteiger partial charge on any atom is 0.330 e. The number of likely N-dealkylation sites (tertiary alicyclic amines) is 1. The first-order valence-corrected chi connectivity index (χ1v) is 20.0. The third-order valence-electron chi connectivity index (χ3n) is 10.6. The lowest BCUT2D eigenvalue weighted by molar-refractivity contribution is -0.144. The Labute approximate surface area is 338 Å². The second-order valence-electron chi connectivity index (χ2n) is 14.9. The van der Waals surface area contributed by atoms with Crippen LogP contribution >= 0.6 is 0 Å². The first-order chi connectivity index (χ1) is 28.0. The molecular formula is C44H53N5O9. The highest BCUT2D eigenvalue weighted by Gasteiger charge is 2.45. The summed E-state index contributed by atoms with van der Waals surface area (Å²) in [5, 5.41) is 19.9. The Morgan fingerprint density at radius 3 is 2.02 bits per heavy atom. The van der Waals surface area contributed by atoms with Crippen LogP contribution in [0.5, 0.6) is 0 Å². The van der Waals surface area contributed by atoms with Crippen molar-refractivity contribution in [2.45, 2.75) is 102 Å². The molecule has 0 aromatic heterocycles. The Morgan fingerprint density at radius 2 is 1.40 bits per heavy atom. The monoisotopic (exact) mass is 795 g/mol. The molecule has 1 aliphatic heterocycles. The molecule has 58 heavy (non-hydrogen) atoms. The lowest BCUT2D eigenvalue weighted by atomic mass is 9.83. The van der Waals surface area contributed by atoms with Gasteiger partial charge < -0.3 is 36.0 Å². The first-order valence-electron chi connectivity index (χ1n) is 20.0. The number of benzene rings is 3. The van der Waals surface area contributed by atoms with Crippen LogP contribution in [0.15, 0.2) is 91.0 Å². The van der Waals surface area contributed by atoms with E-state index in [2.05, 4.69) is 21.3 Å². The Balaban J connectivity index is 1.29. The van der Waals surface area contributed by atoms with E-state index in [9.17, 15) is 38.7 Å². The third kappa shape index (κ3) is 12.3. The van der Waals surface area contributed by atoms with Crippen molar-refractivity contribution < 1.29 is 43.4 Å². The predicted molar refractivity (Wildman–Crippen MR) is 214 cm³/mol. The average Bonchev–Trinajstić information content (AvgIpc) is 3.68. The topological polar surface area (TPSA) is 200 Å². The summed E-state index contributed by atoms with van der Waals surface area (Å²) in [6.45, 7) is 1.41. The number of rotatable bonds is 19. The van der Waals surface area contributed by atoms with Gasteiger partial charge >= 0.3 is 5.97 Å². The van der Waals surface area contributed by atoms with Gasteiger partial charge in [-0.1, -0.05) is 124 Å². The first kappa shape index (κ1) is 43.2. The van der Waals surface area contributed by atoms with Crippen LogP contribution < -0.4 is 21.3 Å². The molecule has 2 fully saturated rings. The van der Waals surface area contributed by atoms with Crippen molar-refractivity contribution in [2.75, 3.05) is 13.1 Å². The van der Waals surface area contributed by atoms with Gasteiger partial charge in [0, 0.05) is 13.0 Å². The molecule has 5 atom stereocenters. The summed E-state index contributed by atoms with van der Waals surface area (Å²) in [7, 11) is 0. The highest BCUT2D eigenvalue weighted by molar-refractivity contribution is 6.38. The quantitative estimate of drug-likeness (QED) is 0.113. The Bertz CT molecular complexity index is 1870. The van der Waals surface area contributed by atoms with Crippen molar-refractivity contribution in [3.05, 3.63) is 108 Å². The molecule has 5 rings (SSSR count). The number of nitrogens with zero attached hydrogens (tertiary/aromatic N) is 1. The summed E-state index contributed by atoms with van der Waals surface area (Å²) in [4.78, 5) is 94.7. The number of carboxylic acid groups (broad SMARTS) is 1. The number of Topliss-reactive ketones (excluding diaryl/α,β-unsaturated/α-hetero) is 1. The lowest BCUT2D eigenvalue weighted by Crippen LogP contribution is -2.58. The van der Waals surface area contributed by atoms with Crippen molar-refractivity contribution in [3.8, 4) is 0 Å². The maximum atomic E-state index is 14.6. The van der Waals surface area contributed by atoms with Gasteiger partial charge in [-0.15, -0.1) is 0 Å². The molecule has 5 N–H and O–H groups in total. The van der Waals surface area contributed by atoms with Crippen LogP contribution in [0, 0.1) is 5.92 Å². The van der Waals surface area contributed by atoms with E-state index in [4.69, 9.17) is 4.74 Å². The van der Waals surface area contributed by atoms with Gasteiger partial charge in [-0.3, -0.25) is 28.8 Å². The van der Waals surface area contributed by atoms with Crippen molar-refractivity contribution in [1.82, 2.24) is 26.2 Å². The highest BCUT2D eigenvalue weighted by Crippen LogP contribution is 2.30. The zero-order chi connectivity index (χ0) is 41.4. The van der Waals surface area contributed by atoms with E-state index in [-0.39, 0.29) is 44.2 Å². The number of aliphatic carboxylic acids is 1. The fourth-order valence-electron chi connectivity index (χ4n) is 7.61. The van der Waals surface area contributed by atoms with Gasteiger partial charge in [-0.25, -0.2) is 4.79 Å². The van der Waals surface area contributed by atoms with Gasteiger partial charge in [0.05, 0.1) is 31.7 Å². The van der Waals surface area contributed by atoms with Gasteiger partial charge in [-0.2, -0.15) is 0 Å². The molecule has 0 spiro atoms. The van der Waals surface area contributed by atoms with Crippen molar-refractivity contribution in [2.24, 2.45) is 5.92 Å². The van der Waals surface area contributed by atoms with Gasteiger partial charge in [0.25, 0.3) is 5.91 Å². The number of ether oxygens (including phenoxy) is 1. The second-order valence-corrected chi connectivity index (χ2v) is 14.9. The molecule has 14 heteroatoms. The van der Waals surface area contributed by atoms with Crippen LogP contribution in [0.4, 0.5) is 0 Å². The number of amides is 5. The second kappa shape index (κ2) is 21.6. The van der Waals surface area contributed by atoms with E-state index in [1.165, 1.54) is 17.0 Å². The van der Waals surface area contributed by atoms with E-state index in [1.807, 2.05) is 60.7 Å². The summed E-state index contributed by atoms with van der Waals surface area (Å²) in [5.74, 6) is -5.78. The van der Waals surface area contributed by atoms with Crippen LogP contribution in [-0.4, -0.2) is 88.6 Å². The minimum Gasteiger partial charge on any atom is -0.479 e. The summed E-state index contributed by atoms with van der Waals surface area (Å²) < 4.78 is 6.23. The largest absolute Gasteiger partial charge is 0.479 e. The van der Waals surface area contributed by atoms with Crippen LogP contribution in [0.25, 0.3) is 0 Å². The SMILES string of the molecule is CCCC(NC(=O)[C@@H]1C[C@@H](OCc2ccccc2)CN1C(=O)C(NC(=O)Cc1ccccc1)C1CCCCC1)C(=O)C(=O)NCC(=O)NC(C(=O)O)c1ccccc1. The standard InChI is InChI=1S/C44H53N5O9/c1-2-15-34(40(52)42(54)45-26-37(51)48-39(44(56)57)32-22-13-6-14-23-32)46-41(53)35-25-33(58-28-30-18-9-4-10-19-30)27-49(35)43(55)38(31-20-11-5-12-21-31)47-36(50)24-29-16-7-3-8-17-29/h3-4,6-10,13-14,16-19,22-23,31,33-35,38-39H,2,5,11-12,15,20-21,24-28H2,1H3,(H,45,54)(H,46,53)(H,47,50)(H,48,51)(H,56,57)/t33-,34?,35+,38?,39?/m1/s1. The molecular weight excluding hydrogens is 743 g/mol. The van der Waals surface area contributed by atoms with E-state index in [0.717, 1.165) is 43.2 Å². The number of nitrogens with one attached hydrogen (secondary N) is 4. The number of ketones is 1. The minimum absolute atomic E-state index is 0.0733. The van der Waals surface area contributed by atoms with E-state index in [0.29, 0.717) is 12.0 Å². The number of hydrogen-bond donors (Lipinski definition) is 5. The number of carboxylic acids is 1. The van der Waals surface area contributed by atoms with E-state index >= 15 is 0 Å². The molecule has 1 heterocycles. The molecule has 3 aromatic rings. The molecule has 1 saturated heterocycles. The molecule has 14 nitrogen and oxygen atoms in total. The van der Waals surface area contributed by atoms with Crippen LogP contribution in [0.1, 0.15) is 81.0 Å². The molecule has 2 aliphatic rings. The van der Waals surface area contributed by atoms with Gasteiger partial charge in [0.2, 0.25) is 29.4 Å². The Hall–Kier alpha value is -5.89. The number of carbonyl (C=O) groups is 7. The Kier molecular flexibility index (Phi) is 16.1. The molecule has 1 saturated carbocycles. The summed E-state index contributed by atoms with van der Waals surface area (Å²) in [5.41, 5.74) is 2.03. The molecule has 0 bridgehead atoms. The highest BCUT2D eigenvalue weighted by atomic mass is 16.5. The average molecular weight is 796 g/mol. The molecule has 0 radical (unpaired) electrons. The lowest BCUT2D eigenvalue weighted by Gasteiger charge is -2.35. The number of carbonyl (C=O) groups excluding carboxylic acids is 6. The van der Waals surface area contributed by atoms with Gasteiger partial charge in [0.15, 0.2) is 6.04 Å². The predicted octanol–water partition coefficient (Wildman–Crippen LogP) is 3.39. The van der Waals surface area contributed by atoms with Crippen molar-refractivity contribution in [1.29, 1.82) is 0 Å². The number of hydrogen-bond acceptors (Lipinski definition) is 8. The minimum atomic E-state index is -1.37. The fraction of sp³-hybridized carbons (Fsp3) is 0.432. The van der Waals surface area contributed by atoms with Crippen LogP contribution in [0.3, 0.4) is 0 Å². The third-order valence-corrected chi connectivity index (χ3v) is 10.6. The van der Waals surface area contributed by atoms with Crippen LogP contribution in [-0.2, 0) is 51.3 Å². The van der Waals surface area contributed by atoms with Crippen molar-refractivity contribution >= 4 is 41.3 Å². The van der Waals surface area contributed by atoms with Gasteiger partial charge in [-0.05, 0) is 41.9 Å². The van der Waals surface area contributed by atoms with E-state index in [1.54, 1.807) is 25.1 Å². The Morgan fingerprint density at radius 1 is 0.776 bits per heavy atom. The maximum absolute atomic E-state index is 14.6. The van der Waals surface area contributed by atoms with Crippen LogP contribution in [0.2, 0.25) is 0 Å².